The van der Waals surface area contributed by atoms with Crippen LogP contribution in [0.15, 0.2) is 60.7 Å². The molecule has 3 aromatic rings. The lowest BCUT2D eigenvalue weighted by molar-refractivity contribution is 0.0973. The van der Waals surface area contributed by atoms with Crippen molar-refractivity contribution < 1.29 is 14.6 Å². The Bertz CT molecular complexity index is 961. The van der Waals surface area contributed by atoms with Crippen molar-refractivity contribution in [1.29, 1.82) is 0 Å². The molecule has 3 aromatic carbocycles. The maximum Gasteiger partial charge on any atom is 0.163 e. The van der Waals surface area contributed by atoms with E-state index in [1.165, 1.54) is 12.1 Å². The predicted molar refractivity (Wildman–Crippen MR) is 114 cm³/mol. The van der Waals surface area contributed by atoms with Gasteiger partial charge in [-0.05, 0) is 54.3 Å². The first kappa shape index (κ1) is 20.2. The van der Waals surface area contributed by atoms with Crippen molar-refractivity contribution in [1.82, 2.24) is 0 Å². The summed E-state index contributed by atoms with van der Waals surface area (Å²) in [6, 6.07) is 19.1. The molecule has 0 aliphatic carbocycles. The lowest BCUT2D eigenvalue weighted by Crippen LogP contribution is -2.04. The van der Waals surface area contributed by atoms with Crippen LogP contribution in [-0.4, -0.2) is 17.5 Å². The van der Waals surface area contributed by atoms with Gasteiger partial charge in [0.05, 0.1) is 16.7 Å². The number of aryl methyl sites for hydroxylation is 1. The van der Waals surface area contributed by atoms with Crippen LogP contribution in [0, 0.1) is 6.92 Å². The quantitative estimate of drug-likeness (QED) is 0.344. The van der Waals surface area contributed by atoms with E-state index in [1.54, 1.807) is 0 Å². The van der Waals surface area contributed by atoms with Crippen LogP contribution in [0.1, 0.15) is 28.8 Å². The van der Waals surface area contributed by atoms with Gasteiger partial charge in [0.1, 0.15) is 5.75 Å². The summed E-state index contributed by atoms with van der Waals surface area (Å²) in [5, 5.41) is 9.72. The van der Waals surface area contributed by atoms with Crippen molar-refractivity contribution in [2.75, 3.05) is 6.61 Å². The van der Waals surface area contributed by atoms with Gasteiger partial charge >= 0.3 is 0 Å². The smallest absolute Gasteiger partial charge is 0.163 e. The molecule has 1 N–H and O–H groups in total. The molecule has 0 heterocycles. The standard InChI is InChI=1S/C23H20Cl2O3/c1-15-12-17(16-6-3-2-4-7-16)9-10-22(15)28-11-5-8-21(26)18-13-19(24)23(27)20(25)14-18/h2-4,6-7,9-10,12-14,27H,5,8,11H2,1H3. The lowest BCUT2D eigenvalue weighted by Gasteiger charge is -2.11. The number of aromatic hydroxyl groups is 1. The van der Waals surface area contributed by atoms with E-state index < -0.39 is 0 Å². The average molecular weight is 415 g/mol. The maximum atomic E-state index is 12.3. The van der Waals surface area contributed by atoms with Gasteiger partial charge in [-0.15, -0.1) is 0 Å². The Balaban J connectivity index is 1.55. The van der Waals surface area contributed by atoms with E-state index in [0.717, 1.165) is 22.4 Å². The topological polar surface area (TPSA) is 46.5 Å². The minimum atomic E-state index is -0.211. The number of hydrogen-bond donors (Lipinski definition) is 1. The largest absolute Gasteiger partial charge is 0.505 e. The Kier molecular flexibility index (Phi) is 6.61. The van der Waals surface area contributed by atoms with Crippen LogP contribution in [0.5, 0.6) is 11.5 Å². The van der Waals surface area contributed by atoms with Crippen molar-refractivity contribution in [2.45, 2.75) is 19.8 Å². The molecule has 144 valence electrons. The fourth-order valence-corrected chi connectivity index (χ4v) is 3.39. The van der Waals surface area contributed by atoms with Gasteiger partial charge in [0, 0.05) is 12.0 Å². The third-order valence-corrected chi connectivity index (χ3v) is 5.00. The minimum Gasteiger partial charge on any atom is -0.505 e. The zero-order chi connectivity index (χ0) is 20.1. The van der Waals surface area contributed by atoms with Crippen molar-refractivity contribution in [3.63, 3.8) is 0 Å². The molecule has 28 heavy (non-hydrogen) atoms. The van der Waals surface area contributed by atoms with Gasteiger partial charge in [-0.3, -0.25) is 4.79 Å². The van der Waals surface area contributed by atoms with Gasteiger partial charge in [-0.2, -0.15) is 0 Å². The molecule has 0 saturated heterocycles. The first-order valence-corrected chi connectivity index (χ1v) is 9.71. The van der Waals surface area contributed by atoms with E-state index in [1.807, 2.05) is 37.3 Å². The van der Waals surface area contributed by atoms with E-state index in [-0.39, 0.29) is 21.6 Å². The highest BCUT2D eigenvalue weighted by molar-refractivity contribution is 6.37. The third kappa shape index (κ3) is 4.86. The van der Waals surface area contributed by atoms with Gasteiger partial charge in [-0.1, -0.05) is 59.6 Å². The molecule has 5 heteroatoms. The summed E-state index contributed by atoms with van der Waals surface area (Å²) in [5.41, 5.74) is 3.73. The summed E-state index contributed by atoms with van der Waals surface area (Å²) < 4.78 is 5.84. The molecule has 3 rings (SSSR count). The highest BCUT2D eigenvalue weighted by Gasteiger charge is 2.12. The summed E-state index contributed by atoms with van der Waals surface area (Å²) >= 11 is 11.7. The van der Waals surface area contributed by atoms with E-state index in [4.69, 9.17) is 27.9 Å². The molecule has 0 unspecified atom stereocenters. The molecule has 0 spiro atoms. The van der Waals surface area contributed by atoms with Crippen LogP contribution in [0.4, 0.5) is 0 Å². The summed E-state index contributed by atoms with van der Waals surface area (Å²) in [7, 11) is 0. The van der Waals surface area contributed by atoms with Gasteiger partial charge in [-0.25, -0.2) is 0 Å². The zero-order valence-corrected chi connectivity index (χ0v) is 16.9. The van der Waals surface area contributed by atoms with Gasteiger partial charge < -0.3 is 9.84 Å². The first-order valence-electron chi connectivity index (χ1n) is 8.96. The molecule has 0 saturated carbocycles. The molecule has 0 aliphatic rings. The zero-order valence-electron chi connectivity index (χ0n) is 15.4. The van der Waals surface area contributed by atoms with Crippen LogP contribution in [0.3, 0.4) is 0 Å². The average Bonchev–Trinajstić information content (AvgIpc) is 2.70. The molecule has 0 aliphatic heterocycles. The fourth-order valence-electron chi connectivity index (χ4n) is 2.91. The monoisotopic (exact) mass is 414 g/mol. The van der Waals surface area contributed by atoms with Gasteiger partial charge in [0.25, 0.3) is 0 Å². The molecule has 3 nitrogen and oxygen atoms in total. The molecule has 0 radical (unpaired) electrons. The van der Waals surface area contributed by atoms with E-state index in [9.17, 15) is 9.90 Å². The molecule has 0 fully saturated rings. The summed E-state index contributed by atoms with van der Waals surface area (Å²) in [4.78, 5) is 12.3. The van der Waals surface area contributed by atoms with Gasteiger partial charge in [0.15, 0.2) is 11.5 Å². The van der Waals surface area contributed by atoms with Crippen molar-refractivity contribution in [2.24, 2.45) is 0 Å². The van der Waals surface area contributed by atoms with Crippen molar-refractivity contribution in [3.8, 4) is 22.6 Å². The molecule has 0 amide bonds. The number of halogens is 2. The number of rotatable bonds is 7. The maximum absolute atomic E-state index is 12.3. The second kappa shape index (κ2) is 9.13. The molecule has 0 bridgehead atoms. The van der Waals surface area contributed by atoms with Crippen molar-refractivity contribution in [3.05, 3.63) is 81.8 Å². The number of phenols is 1. The predicted octanol–water partition coefficient (Wildman–Crippen LogP) is 6.72. The first-order chi connectivity index (χ1) is 13.5. The number of ether oxygens (including phenoxy) is 1. The number of carbonyl (C=O) groups is 1. The van der Waals surface area contributed by atoms with Gasteiger partial charge in [0.2, 0.25) is 0 Å². The third-order valence-electron chi connectivity index (χ3n) is 4.43. The van der Waals surface area contributed by atoms with Crippen LogP contribution in [0.2, 0.25) is 10.0 Å². The minimum absolute atomic E-state index is 0.0706. The van der Waals surface area contributed by atoms with Crippen LogP contribution in [-0.2, 0) is 0 Å². The highest BCUT2D eigenvalue weighted by Crippen LogP contribution is 2.33. The molecule has 0 atom stereocenters. The number of benzene rings is 3. The van der Waals surface area contributed by atoms with Crippen LogP contribution >= 0.6 is 23.2 Å². The normalized spacial score (nSPS) is 10.7. The Morgan fingerprint density at radius 2 is 1.64 bits per heavy atom. The van der Waals surface area contributed by atoms with Crippen LogP contribution < -0.4 is 4.74 Å². The Hall–Kier alpha value is -2.49. The number of phenolic OH excluding ortho intramolecular Hbond substituents is 1. The SMILES string of the molecule is Cc1cc(-c2ccccc2)ccc1OCCCC(=O)c1cc(Cl)c(O)c(Cl)c1. The Morgan fingerprint density at radius 1 is 0.964 bits per heavy atom. The fraction of sp³-hybridized carbons (Fsp3) is 0.174. The number of ketones is 1. The van der Waals surface area contributed by atoms with E-state index in [0.29, 0.717) is 25.0 Å². The summed E-state index contributed by atoms with van der Waals surface area (Å²) in [5.74, 6) is 0.504. The van der Waals surface area contributed by atoms with Crippen molar-refractivity contribution >= 4 is 29.0 Å². The molecule has 0 aromatic heterocycles. The Labute approximate surface area is 174 Å². The number of Topliss-reactive ketones (excluding diaryl/α,β-unsaturated/α-hetero) is 1. The Morgan fingerprint density at radius 3 is 2.29 bits per heavy atom. The van der Waals surface area contributed by atoms with Crippen LogP contribution in [0.25, 0.3) is 11.1 Å². The molecular formula is C23H20Cl2O3. The van der Waals surface area contributed by atoms with E-state index in [2.05, 4.69) is 18.2 Å². The number of carbonyl (C=O) groups excluding carboxylic acids is 1. The number of hydrogen-bond acceptors (Lipinski definition) is 3. The molecular weight excluding hydrogens is 395 g/mol. The summed E-state index contributed by atoms with van der Waals surface area (Å²) in [6.45, 7) is 2.43. The lowest BCUT2D eigenvalue weighted by atomic mass is 10.0. The highest BCUT2D eigenvalue weighted by atomic mass is 35.5. The van der Waals surface area contributed by atoms with E-state index >= 15 is 0 Å². The second-order valence-corrected chi connectivity index (χ2v) is 7.32. The second-order valence-electron chi connectivity index (χ2n) is 6.51. The summed E-state index contributed by atoms with van der Waals surface area (Å²) in [6.07, 6.45) is 0.868.